The van der Waals surface area contributed by atoms with Crippen molar-refractivity contribution in [1.29, 1.82) is 0 Å². The lowest BCUT2D eigenvalue weighted by atomic mass is 9.98. The van der Waals surface area contributed by atoms with E-state index < -0.39 is 68.7 Å². The van der Waals surface area contributed by atoms with Gasteiger partial charge in [0, 0.05) is 31.8 Å². The van der Waals surface area contributed by atoms with Gasteiger partial charge in [-0.15, -0.1) is 6.58 Å². The molecule has 3 aliphatic heterocycles. The van der Waals surface area contributed by atoms with E-state index in [-0.39, 0.29) is 37.6 Å². The van der Waals surface area contributed by atoms with Crippen molar-refractivity contribution in [3.63, 3.8) is 0 Å². The summed E-state index contributed by atoms with van der Waals surface area (Å²) in [6.07, 6.45) is 4.58. The Morgan fingerprint density at radius 3 is 2.50 bits per heavy atom. The van der Waals surface area contributed by atoms with Crippen molar-refractivity contribution in [1.82, 2.24) is 25.2 Å². The molecule has 1 saturated heterocycles. The Labute approximate surface area is 281 Å². The summed E-state index contributed by atoms with van der Waals surface area (Å²) in [5.41, 5.74) is 1.78. The van der Waals surface area contributed by atoms with E-state index in [9.17, 15) is 32.4 Å². The van der Waals surface area contributed by atoms with Crippen LogP contribution in [0, 0.1) is 11.8 Å². The van der Waals surface area contributed by atoms with Crippen molar-refractivity contribution in [2.75, 3.05) is 6.54 Å². The van der Waals surface area contributed by atoms with E-state index in [4.69, 9.17) is 4.74 Å². The first-order valence-corrected chi connectivity index (χ1v) is 18.5. The summed E-state index contributed by atoms with van der Waals surface area (Å²) >= 11 is 0. The molecule has 5 atom stereocenters. The molecule has 2 aliphatic carbocycles. The van der Waals surface area contributed by atoms with Crippen LogP contribution in [-0.2, 0) is 53.4 Å². The zero-order chi connectivity index (χ0) is 34.4. The first-order valence-electron chi connectivity index (χ1n) is 17.0. The molecule has 3 N–H and O–H groups in total. The fourth-order valence-corrected chi connectivity index (χ4v) is 8.55. The molecule has 1 aromatic rings. The molecule has 2 saturated carbocycles. The average molecular weight is 684 g/mol. The Morgan fingerprint density at radius 1 is 1.08 bits per heavy atom. The summed E-state index contributed by atoms with van der Waals surface area (Å²) in [6.45, 7) is 8.04. The zero-order valence-corrected chi connectivity index (χ0v) is 28.4. The van der Waals surface area contributed by atoms with Crippen LogP contribution in [0.25, 0.3) is 0 Å². The molecular weight excluding hydrogens is 638 g/mol. The Morgan fingerprint density at radius 2 is 1.81 bits per heavy atom. The van der Waals surface area contributed by atoms with E-state index in [1.165, 1.54) is 16.5 Å². The lowest BCUT2D eigenvalue weighted by molar-refractivity contribution is -0.143. The smallest absolute Gasteiger partial charge is 0.410 e. The number of nitrogens with one attached hydrogen (secondary N) is 3. The van der Waals surface area contributed by atoms with Gasteiger partial charge in [0.15, 0.2) is 0 Å². The normalized spacial score (nSPS) is 29.4. The highest BCUT2D eigenvalue weighted by Crippen LogP contribution is 2.45. The molecule has 260 valence electrons. The second-order valence-corrected chi connectivity index (χ2v) is 16.2. The summed E-state index contributed by atoms with van der Waals surface area (Å²) in [4.78, 5) is 70.9. The van der Waals surface area contributed by atoms with Crippen LogP contribution in [-0.4, -0.2) is 83.5 Å². The van der Waals surface area contributed by atoms with Crippen LogP contribution in [0.2, 0.25) is 0 Å². The molecule has 3 heterocycles. The number of sulfonamides is 1. The van der Waals surface area contributed by atoms with Crippen molar-refractivity contribution in [3.05, 3.63) is 47.5 Å². The van der Waals surface area contributed by atoms with Gasteiger partial charge in [0.05, 0.1) is 11.8 Å². The fraction of sp³-hybridized carbons (Fsp3) is 0.618. The van der Waals surface area contributed by atoms with Gasteiger partial charge in [-0.05, 0) is 61.1 Å². The Hall–Kier alpha value is -3.94. The number of amides is 5. The quantitative estimate of drug-likeness (QED) is 0.367. The van der Waals surface area contributed by atoms with Crippen molar-refractivity contribution < 1.29 is 37.1 Å². The molecule has 0 radical (unpaired) electrons. The van der Waals surface area contributed by atoms with Crippen LogP contribution in [0.5, 0.6) is 0 Å². The molecule has 5 aliphatic rings. The van der Waals surface area contributed by atoms with Gasteiger partial charge < -0.3 is 20.3 Å². The van der Waals surface area contributed by atoms with Gasteiger partial charge in [-0.2, -0.15) is 0 Å². The molecule has 1 aromatic carbocycles. The Bertz CT molecular complexity index is 1620. The first kappa shape index (κ1) is 33.9. The van der Waals surface area contributed by atoms with E-state index >= 15 is 0 Å². The van der Waals surface area contributed by atoms with E-state index in [0.717, 1.165) is 30.4 Å². The molecule has 3 fully saturated rings. The molecule has 5 amide bonds. The lowest BCUT2D eigenvalue weighted by Crippen LogP contribution is -2.59. The van der Waals surface area contributed by atoms with Crippen LogP contribution in [0.3, 0.4) is 0 Å². The van der Waals surface area contributed by atoms with Crippen LogP contribution >= 0.6 is 0 Å². The van der Waals surface area contributed by atoms with Crippen LogP contribution in [0.15, 0.2) is 30.9 Å². The molecule has 48 heavy (non-hydrogen) atoms. The number of fused-ring (bicyclic) bond motifs is 3. The number of carbonyl (C=O) groups excluding carboxylic acids is 5. The average Bonchev–Trinajstić information content (AvgIpc) is 3.93. The highest BCUT2D eigenvalue weighted by molar-refractivity contribution is 7.91. The summed E-state index contributed by atoms with van der Waals surface area (Å²) in [5.74, 6) is -3.11. The first-order chi connectivity index (χ1) is 22.8. The van der Waals surface area contributed by atoms with Crippen molar-refractivity contribution >= 4 is 39.7 Å². The topological polar surface area (TPSA) is 171 Å². The van der Waals surface area contributed by atoms with Gasteiger partial charge in [0.25, 0.3) is 5.91 Å². The molecule has 0 spiro atoms. The van der Waals surface area contributed by atoms with Gasteiger partial charge in [0.2, 0.25) is 27.7 Å². The third kappa shape index (κ3) is 6.81. The van der Waals surface area contributed by atoms with E-state index in [1.54, 1.807) is 18.7 Å². The standard InChI is InChI=1S/C34H45N5O8S/c1-4-23-16-34(23,32(43)37-48(45,46)25-13-14-25)36-30(41)27-15-24-18-39(27)31(42)29(20(2)3)35-28(40)12-7-5-6-9-21-10-8-11-22-17-38(19-26(21)22)33(44)47-24/h4,8,10-11,20,23-25,27,29H,1,5-7,9,12-19H2,2-3H3,(H,35,40)(H,36,41)(H,37,43)/t23-,24-,27+,29+,34-/m1/s1. The third-order valence-electron chi connectivity index (χ3n) is 10.3. The number of ether oxygens (including phenoxy) is 1. The second-order valence-electron chi connectivity index (χ2n) is 14.2. The molecule has 6 rings (SSSR count). The molecule has 0 aromatic heterocycles. The minimum absolute atomic E-state index is 0.0368. The van der Waals surface area contributed by atoms with Gasteiger partial charge >= 0.3 is 6.09 Å². The predicted octanol–water partition coefficient (Wildman–Crippen LogP) is 2.03. The molecular formula is C34H45N5O8S. The highest BCUT2D eigenvalue weighted by Gasteiger charge is 2.62. The van der Waals surface area contributed by atoms with Gasteiger partial charge in [-0.25, -0.2) is 13.2 Å². The largest absolute Gasteiger partial charge is 0.444 e. The molecule has 0 unspecified atom stereocenters. The maximum atomic E-state index is 14.1. The summed E-state index contributed by atoms with van der Waals surface area (Å²) < 4.78 is 33.2. The minimum atomic E-state index is -3.88. The Balaban J connectivity index is 1.25. The molecule has 14 heteroatoms. The van der Waals surface area contributed by atoms with Gasteiger partial charge in [-0.1, -0.05) is 44.5 Å². The van der Waals surface area contributed by atoms with Crippen LogP contribution in [0.1, 0.15) is 81.9 Å². The van der Waals surface area contributed by atoms with E-state index in [0.29, 0.717) is 32.4 Å². The second kappa shape index (κ2) is 13.2. The fourth-order valence-electron chi connectivity index (χ4n) is 7.18. The number of aryl methyl sites for hydroxylation is 1. The monoisotopic (exact) mass is 683 g/mol. The zero-order valence-electron chi connectivity index (χ0n) is 27.5. The molecule has 4 bridgehead atoms. The Kier molecular flexibility index (Phi) is 9.31. The molecule has 13 nitrogen and oxygen atoms in total. The van der Waals surface area contributed by atoms with E-state index in [1.807, 2.05) is 12.1 Å². The summed E-state index contributed by atoms with van der Waals surface area (Å²) in [7, 11) is -3.88. The number of hydrogen-bond acceptors (Lipinski definition) is 8. The number of benzene rings is 1. The number of carbonyl (C=O) groups is 5. The lowest BCUT2D eigenvalue weighted by Gasteiger charge is -2.31. The van der Waals surface area contributed by atoms with Gasteiger partial charge in [0.1, 0.15) is 23.7 Å². The van der Waals surface area contributed by atoms with Gasteiger partial charge in [-0.3, -0.25) is 28.8 Å². The predicted molar refractivity (Wildman–Crippen MR) is 174 cm³/mol. The van der Waals surface area contributed by atoms with Crippen LogP contribution < -0.4 is 15.4 Å². The number of rotatable bonds is 7. The number of nitrogens with zero attached hydrogens (tertiary/aromatic N) is 2. The highest BCUT2D eigenvalue weighted by atomic mass is 32.2. The van der Waals surface area contributed by atoms with E-state index in [2.05, 4.69) is 28.0 Å². The number of hydrogen-bond donors (Lipinski definition) is 3. The SMILES string of the molecule is C=C[C@@H]1C[C@]1(NC(=O)[C@@H]1C[C@@H]2CN1C(=O)[C@H](C(C)C)NC(=O)CCCCCc1cccc3c1CN(C3)C(=O)O2)C(=O)NS(=O)(=O)C1CC1. The van der Waals surface area contributed by atoms with Crippen molar-refractivity contribution in [2.45, 2.75) is 114 Å². The minimum Gasteiger partial charge on any atom is -0.444 e. The van der Waals surface area contributed by atoms with Crippen LogP contribution in [0.4, 0.5) is 4.79 Å². The summed E-state index contributed by atoms with van der Waals surface area (Å²) in [6, 6.07) is 3.97. The van der Waals surface area contributed by atoms with Crippen molar-refractivity contribution in [3.8, 4) is 0 Å². The maximum Gasteiger partial charge on any atom is 0.410 e. The third-order valence-corrected chi connectivity index (χ3v) is 12.1. The maximum absolute atomic E-state index is 14.1. The summed E-state index contributed by atoms with van der Waals surface area (Å²) in [5, 5.41) is 4.98. The van der Waals surface area contributed by atoms with Crippen molar-refractivity contribution in [2.24, 2.45) is 11.8 Å².